The molecule has 2 N–H and O–H groups in total. The van der Waals surface area contributed by atoms with E-state index in [0.29, 0.717) is 0 Å². The molecule has 0 unspecified atom stereocenters. The van der Waals surface area contributed by atoms with Gasteiger partial charge in [0, 0.05) is 11.4 Å². The lowest BCUT2D eigenvalue weighted by molar-refractivity contribution is -0.118. The van der Waals surface area contributed by atoms with Crippen molar-refractivity contribution in [3.63, 3.8) is 0 Å². The topological polar surface area (TPSA) is 84.5 Å². The number of hydrogen-bond acceptors (Lipinski definition) is 4. The predicted octanol–water partition coefficient (Wildman–Crippen LogP) is 5.17. The van der Waals surface area contributed by atoms with E-state index in [9.17, 15) is 17.6 Å². The van der Waals surface area contributed by atoms with Gasteiger partial charge in [-0.3, -0.25) is 9.52 Å². The lowest BCUT2D eigenvalue weighted by Gasteiger charge is -2.14. The molecule has 3 aromatic carbocycles. The molecule has 9 heteroatoms. The maximum atomic E-state index is 13.0. The van der Waals surface area contributed by atoms with Gasteiger partial charge in [-0.05, 0) is 66.9 Å². The minimum Gasteiger partial charge on any atom is -0.482 e. The molecule has 6 nitrogen and oxygen atoms in total. The lowest BCUT2D eigenvalue weighted by Crippen LogP contribution is -2.21. The molecule has 0 saturated heterocycles. The molecular formula is C23H22ClFN2O4S. The van der Waals surface area contributed by atoms with Crippen molar-refractivity contribution in [3.8, 4) is 5.75 Å². The molecule has 168 valence electrons. The summed E-state index contributed by atoms with van der Waals surface area (Å²) in [5, 5.41) is 2.88. The van der Waals surface area contributed by atoms with Crippen LogP contribution in [0.15, 0.2) is 65.6 Å². The molecule has 32 heavy (non-hydrogen) atoms. The summed E-state index contributed by atoms with van der Waals surface area (Å²) in [5.74, 6) is -0.669. The quantitative estimate of drug-likeness (QED) is 0.470. The Morgan fingerprint density at radius 2 is 1.81 bits per heavy atom. The molecule has 0 saturated carbocycles. The normalized spacial score (nSPS) is 11.1. The third-order valence-electron chi connectivity index (χ3n) is 4.67. The first kappa shape index (κ1) is 23.6. The molecule has 3 aromatic rings. The number of carbonyl (C=O) groups is 1. The summed E-state index contributed by atoms with van der Waals surface area (Å²) in [7, 11) is -3.94. The van der Waals surface area contributed by atoms with Crippen molar-refractivity contribution in [2.45, 2.75) is 25.2 Å². The van der Waals surface area contributed by atoms with Gasteiger partial charge in [0.05, 0.1) is 9.92 Å². The van der Waals surface area contributed by atoms with Gasteiger partial charge < -0.3 is 10.1 Å². The number of anilines is 2. The Bertz CT molecular complexity index is 1230. The zero-order chi connectivity index (χ0) is 23.3. The minimum atomic E-state index is -3.94. The molecule has 3 rings (SSSR count). The Labute approximate surface area is 191 Å². The number of ether oxygens (including phenoxy) is 1. The molecule has 0 aliphatic carbocycles. The molecule has 0 aliphatic rings. The minimum absolute atomic E-state index is 0.0323. The van der Waals surface area contributed by atoms with Crippen LogP contribution >= 0.6 is 11.6 Å². The van der Waals surface area contributed by atoms with E-state index in [0.717, 1.165) is 35.4 Å². The summed E-state index contributed by atoms with van der Waals surface area (Å²) in [5.41, 5.74) is 2.92. The summed E-state index contributed by atoms with van der Waals surface area (Å²) < 4.78 is 45.9. The molecule has 0 spiro atoms. The molecule has 0 bridgehead atoms. The van der Waals surface area contributed by atoms with Gasteiger partial charge in [-0.25, -0.2) is 12.8 Å². The van der Waals surface area contributed by atoms with Gasteiger partial charge in [0.15, 0.2) is 6.61 Å². The Balaban J connectivity index is 1.66. The van der Waals surface area contributed by atoms with Crippen LogP contribution in [-0.4, -0.2) is 20.9 Å². The Morgan fingerprint density at radius 1 is 1.09 bits per heavy atom. The lowest BCUT2D eigenvalue weighted by atomic mass is 10.1. The molecule has 0 radical (unpaired) electrons. The maximum Gasteiger partial charge on any atom is 0.262 e. The van der Waals surface area contributed by atoms with E-state index in [1.54, 1.807) is 0 Å². The number of para-hydroxylation sites is 1. The highest BCUT2D eigenvalue weighted by Crippen LogP contribution is 2.28. The Morgan fingerprint density at radius 3 is 2.47 bits per heavy atom. The van der Waals surface area contributed by atoms with Crippen molar-refractivity contribution < 1.29 is 22.3 Å². The van der Waals surface area contributed by atoms with Crippen LogP contribution in [-0.2, 0) is 21.2 Å². The number of carbonyl (C=O) groups excluding carboxylic acids is 1. The van der Waals surface area contributed by atoms with E-state index in [4.69, 9.17) is 16.3 Å². The fraction of sp³-hybridized carbons (Fsp3) is 0.174. The van der Waals surface area contributed by atoms with Gasteiger partial charge in [-0.15, -0.1) is 0 Å². The van der Waals surface area contributed by atoms with Crippen LogP contribution in [0.25, 0.3) is 0 Å². The molecule has 0 fully saturated rings. The monoisotopic (exact) mass is 476 g/mol. The first-order chi connectivity index (χ1) is 15.2. The second kappa shape index (κ2) is 10.0. The first-order valence-corrected chi connectivity index (χ1v) is 11.6. The van der Waals surface area contributed by atoms with Crippen LogP contribution in [0.2, 0.25) is 5.02 Å². The number of rotatable bonds is 8. The van der Waals surface area contributed by atoms with Crippen LogP contribution in [0.3, 0.4) is 0 Å². The molecule has 0 aliphatic heterocycles. The summed E-state index contributed by atoms with van der Waals surface area (Å²) in [6, 6.07) is 14.6. The smallest absolute Gasteiger partial charge is 0.262 e. The van der Waals surface area contributed by atoms with Crippen molar-refractivity contribution >= 4 is 38.9 Å². The number of amides is 1. The number of nitrogens with one attached hydrogen (secondary N) is 2. The number of benzene rings is 3. The third kappa shape index (κ3) is 5.77. The van der Waals surface area contributed by atoms with Gasteiger partial charge in [-0.1, -0.05) is 36.7 Å². The molecular weight excluding hydrogens is 455 g/mol. The van der Waals surface area contributed by atoms with Crippen molar-refractivity contribution in [3.05, 3.63) is 82.6 Å². The van der Waals surface area contributed by atoms with E-state index in [-0.39, 0.29) is 33.9 Å². The van der Waals surface area contributed by atoms with Gasteiger partial charge in [0.25, 0.3) is 15.9 Å². The zero-order valence-electron chi connectivity index (χ0n) is 17.5. The second-order valence-corrected chi connectivity index (χ2v) is 9.09. The predicted molar refractivity (Wildman–Crippen MR) is 123 cm³/mol. The average molecular weight is 477 g/mol. The van der Waals surface area contributed by atoms with Gasteiger partial charge in [0.2, 0.25) is 0 Å². The van der Waals surface area contributed by atoms with Crippen LogP contribution < -0.4 is 14.8 Å². The van der Waals surface area contributed by atoms with Crippen LogP contribution in [0, 0.1) is 12.7 Å². The van der Waals surface area contributed by atoms with Crippen molar-refractivity contribution in [1.29, 1.82) is 0 Å². The summed E-state index contributed by atoms with van der Waals surface area (Å²) in [6.45, 7) is 3.62. The van der Waals surface area contributed by atoms with Gasteiger partial charge in [0.1, 0.15) is 11.6 Å². The van der Waals surface area contributed by atoms with Gasteiger partial charge >= 0.3 is 0 Å². The third-order valence-corrected chi connectivity index (χ3v) is 6.35. The number of sulfonamides is 1. The van der Waals surface area contributed by atoms with Crippen molar-refractivity contribution in [2.24, 2.45) is 0 Å². The van der Waals surface area contributed by atoms with Crippen molar-refractivity contribution in [1.82, 2.24) is 0 Å². The fourth-order valence-corrected chi connectivity index (χ4v) is 4.40. The fourth-order valence-electron chi connectivity index (χ4n) is 3.02. The standard InChI is InChI=1S/C23H22ClFN2O4S/c1-3-16-6-4-5-15(2)23(16)26-22(28)14-31-21-12-11-19(13-20(21)24)32(29,30)27-18-9-7-17(25)8-10-18/h4-13,27H,3,14H2,1-2H3,(H,26,28). The maximum absolute atomic E-state index is 13.0. The number of halogens is 2. The summed E-state index contributed by atoms with van der Waals surface area (Å²) in [6.07, 6.45) is 0.770. The summed E-state index contributed by atoms with van der Waals surface area (Å²) >= 11 is 6.18. The van der Waals surface area contributed by atoms with Crippen LogP contribution in [0.4, 0.5) is 15.8 Å². The van der Waals surface area contributed by atoms with Gasteiger partial charge in [-0.2, -0.15) is 0 Å². The molecule has 0 heterocycles. The zero-order valence-corrected chi connectivity index (χ0v) is 19.1. The van der Waals surface area contributed by atoms with Crippen LogP contribution in [0.1, 0.15) is 18.1 Å². The highest BCUT2D eigenvalue weighted by Gasteiger charge is 2.17. The molecule has 0 atom stereocenters. The molecule has 0 aromatic heterocycles. The van der Waals surface area contributed by atoms with E-state index >= 15 is 0 Å². The highest BCUT2D eigenvalue weighted by atomic mass is 35.5. The van der Waals surface area contributed by atoms with E-state index < -0.39 is 15.8 Å². The van der Waals surface area contributed by atoms with E-state index in [1.165, 1.54) is 30.3 Å². The van der Waals surface area contributed by atoms with E-state index in [1.807, 2.05) is 32.0 Å². The summed E-state index contributed by atoms with van der Waals surface area (Å²) in [4.78, 5) is 12.3. The van der Waals surface area contributed by atoms with E-state index in [2.05, 4.69) is 10.0 Å². The SMILES string of the molecule is CCc1cccc(C)c1NC(=O)COc1ccc(S(=O)(=O)Nc2ccc(F)cc2)cc1Cl. The first-order valence-electron chi connectivity index (χ1n) is 9.78. The molecule has 1 amide bonds. The number of aryl methyl sites for hydroxylation is 2. The average Bonchev–Trinajstić information content (AvgIpc) is 2.75. The largest absolute Gasteiger partial charge is 0.482 e. The number of hydrogen-bond donors (Lipinski definition) is 2. The Kier molecular flexibility index (Phi) is 7.37. The van der Waals surface area contributed by atoms with Crippen molar-refractivity contribution in [2.75, 3.05) is 16.6 Å². The Hall–Kier alpha value is -3.10. The highest BCUT2D eigenvalue weighted by molar-refractivity contribution is 7.92. The second-order valence-electron chi connectivity index (χ2n) is 7.00. The van der Waals surface area contributed by atoms with Crippen LogP contribution in [0.5, 0.6) is 5.75 Å².